The van der Waals surface area contributed by atoms with Crippen LogP contribution < -0.4 is 5.32 Å². The Morgan fingerprint density at radius 1 is 1.38 bits per heavy atom. The quantitative estimate of drug-likeness (QED) is 0.877. The second-order valence-electron chi connectivity index (χ2n) is 5.66. The van der Waals surface area contributed by atoms with Gasteiger partial charge in [0.25, 0.3) is 0 Å². The van der Waals surface area contributed by atoms with Crippen molar-refractivity contribution in [3.63, 3.8) is 0 Å². The van der Waals surface area contributed by atoms with Gasteiger partial charge in [-0.1, -0.05) is 33.3 Å². The summed E-state index contributed by atoms with van der Waals surface area (Å²) in [7, 11) is 0. The fourth-order valence-corrected chi connectivity index (χ4v) is 3.46. The lowest BCUT2D eigenvalue weighted by Crippen LogP contribution is -2.65. The molecule has 1 saturated heterocycles. The van der Waals surface area contributed by atoms with E-state index in [2.05, 4.69) is 11.4 Å². The zero-order chi connectivity index (χ0) is 15.4. The maximum atomic E-state index is 12.7. The Balaban J connectivity index is 2.12. The topological polar surface area (TPSA) is 49.4 Å². The number of hydrogen-bond donors (Lipinski definition) is 1. The molecule has 3 atom stereocenters. The average Bonchev–Trinajstić information content (AvgIpc) is 3.00. The summed E-state index contributed by atoms with van der Waals surface area (Å²) in [5.41, 5.74) is 0. The molecule has 1 aliphatic rings. The van der Waals surface area contributed by atoms with Gasteiger partial charge < -0.3 is 10.2 Å². The molecule has 0 aromatic carbocycles. The van der Waals surface area contributed by atoms with Gasteiger partial charge in [0.15, 0.2) is 0 Å². The Morgan fingerprint density at radius 2 is 2.14 bits per heavy atom. The molecule has 2 heterocycles. The molecule has 21 heavy (non-hydrogen) atoms. The summed E-state index contributed by atoms with van der Waals surface area (Å²) >= 11 is 1.70. The van der Waals surface area contributed by atoms with Crippen molar-refractivity contribution >= 4 is 23.2 Å². The number of hydrogen-bond acceptors (Lipinski definition) is 3. The fourth-order valence-electron chi connectivity index (χ4n) is 2.76. The minimum absolute atomic E-state index is 0.00594. The Hall–Kier alpha value is -1.36. The van der Waals surface area contributed by atoms with Crippen molar-refractivity contribution in [1.29, 1.82) is 0 Å². The van der Waals surface area contributed by atoms with Crippen molar-refractivity contribution in [2.45, 2.75) is 52.1 Å². The van der Waals surface area contributed by atoms with Gasteiger partial charge in [-0.3, -0.25) is 9.59 Å². The average molecular weight is 308 g/mol. The van der Waals surface area contributed by atoms with E-state index in [1.54, 1.807) is 16.2 Å². The van der Waals surface area contributed by atoms with Crippen LogP contribution in [0.5, 0.6) is 0 Å². The minimum atomic E-state index is -0.367. The standard InChI is InChI=1S/C16H24N2O2S/c1-4-11(3)14-16(20)18(13(5-2)15(19)17-14)9-8-12-7-6-10-21-12/h6-7,10-11,13-14H,4-5,8-9H2,1-3H3,(H,17,19). The van der Waals surface area contributed by atoms with Gasteiger partial charge in [-0.15, -0.1) is 11.3 Å². The summed E-state index contributed by atoms with van der Waals surface area (Å²) in [5.74, 6) is 0.240. The maximum Gasteiger partial charge on any atom is 0.246 e. The molecule has 0 spiro atoms. The van der Waals surface area contributed by atoms with Crippen LogP contribution in [0.2, 0.25) is 0 Å². The molecule has 3 unspecified atom stereocenters. The number of carbonyl (C=O) groups excluding carboxylic acids is 2. The first-order valence-electron chi connectivity index (χ1n) is 7.71. The normalized spacial score (nSPS) is 24.0. The van der Waals surface area contributed by atoms with Gasteiger partial charge in [-0.25, -0.2) is 0 Å². The van der Waals surface area contributed by atoms with E-state index in [4.69, 9.17) is 0 Å². The van der Waals surface area contributed by atoms with Crippen molar-refractivity contribution < 1.29 is 9.59 Å². The van der Waals surface area contributed by atoms with E-state index in [1.807, 2.05) is 32.2 Å². The molecule has 1 N–H and O–H groups in total. The van der Waals surface area contributed by atoms with Crippen molar-refractivity contribution in [2.24, 2.45) is 5.92 Å². The van der Waals surface area contributed by atoms with E-state index in [0.29, 0.717) is 13.0 Å². The smallest absolute Gasteiger partial charge is 0.246 e. The number of nitrogens with one attached hydrogen (secondary N) is 1. The largest absolute Gasteiger partial charge is 0.342 e. The van der Waals surface area contributed by atoms with E-state index in [9.17, 15) is 9.59 Å². The second kappa shape index (κ2) is 7.07. The molecule has 1 aromatic rings. The summed E-state index contributed by atoms with van der Waals surface area (Å²) < 4.78 is 0. The van der Waals surface area contributed by atoms with E-state index in [1.165, 1.54) is 4.88 Å². The van der Waals surface area contributed by atoms with E-state index >= 15 is 0 Å². The van der Waals surface area contributed by atoms with Gasteiger partial charge in [0.2, 0.25) is 11.8 Å². The van der Waals surface area contributed by atoms with Crippen LogP contribution in [0, 0.1) is 5.92 Å². The molecule has 0 aliphatic carbocycles. The monoisotopic (exact) mass is 308 g/mol. The lowest BCUT2D eigenvalue weighted by Gasteiger charge is -2.40. The van der Waals surface area contributed by atoms with Crippen molar-refractivity contribution in [3.8, 4) is 0 Å². The van der Waals surface area contributed by atoms with Gasteiger partial charge >= 0.3 is 0 Å². The van der Waals surface area contributed by atoms with Crippen molar-refractivity contribution in [1.82, 2.24) is 10.2 Å². The first-order chi connectivity index (χ1) is 10.1. The van der Waals surface area contributed by atoms with Gasteiger partial charge in [0.05, 0.1) is 0 Å². The van der Waals surface area contributed by atoms with Crippen LogP contribution in [0.4, 0.5) is 0 Å². The molecule has 2 amide bonds. The summed E-state index contributed by atoms with van der Waals surface area (Å²) in [6.45, 7) is 6.65. The highest BCUT2D eigenvalue weighted by molar-refractivity contribution is 7.09. The van der Waals surface area contributed by atoms with Crippen LogP contribution >= 0.6 is 11.3 Å². The number of amides is 2. The Labute approximate surface area is 130 Å². The zero-order valence-corrected chi connectivity index (χ0v) is 13.8. The number of carbonyl (C=O) groups is 2. The van der Waals surface area contributed by atoms with Crippen LogP contribution in [0.1, 0.15) is 38.5 Å². The van der Waals surface area contributed by atoms with Gasteiger partial charge in [0, 0.05) is 11.4 Å². The second-order valence-corrected chi connectivity index (χ2v) is 6.69. The molecule has 1 fully saturated rings. The highest BCUT2D eigenvalue weighted by atomic mass is 32.1. The van der Waals surface area contributed by atoms with Crippen LogP contribution in [-0.4, -0.2) is 35.3 Å². The highest BCUT2D eigenvalue weighted by Gasteiger charge is 2.40. The predicted octanol–water partition coefficient (Wildman–Crippen LogP) is 2.44. The lowest BCUT2D eigenvalue weighted by molar-refractivity contribution is -0.150. The molecule has 0 radical (unpaired) electrons. The number of piperazine rings is 1. The number of nitrogens with zero attached hydrogens (tertiary/aromatic N) is 1. The molecule has 1 aromatic heterocycles. The summed E-state index contributed by atoms with van der Waals surface area (Å²) in [6.07, 6.45) is 2.36. The maximum absolute atomic E-state index is 12.7. The summed E-state index contributed by atoms with van der Waals surface area (Å²) in [6, 6.07) is 3.40. The van der Waals surface area contributed by atoms with Gasteiger partial charge in [0.1, 0.15) is 12.1 Å². The first kappa shape index (κ1) is 16.0. The molecular weight excluding hydrogens is 284 g/mol. The van der Waals surface area contributed by atoms with Gasteiger partial charge in [-0.2, -0.15) is 0 Å². The highest BCUT2D eigenvalue weighted by Crippen LogP contribution is 2.20. The zero-order valence-electron chi connectivity index (χ0n) is 13.0. The van der Waals surface area contributed by atoms with E-state index < -0.39 is 0 Å². The molecule has 4 nitrogen and oxygen atoms in total. The predicted molar refractivity (Wildman–Crippen MR) is 85.2 cm³/mol. The SMILES string of the molecule is CCC(C)C1NC(=O)C(CC)N(CCc2cccs2)C1=O. The van der Waals surface area contributed by atoms with Crippen molar-refractivity contribution in [3.05, 3.63) is 22.4 Å². The summed E-state index contributed by atoms with van der Waals surface area (Å²) in [5, 5.41) is 4.95. The molecular formula is C16H24N2O2S. The molecule has 2 rings (SSSR count). The lowest BCUT2D eigenvalue weighted by atomic mass is 9.93. The Bertz CT molecular complexity index is 486. The van der Waals surface area contributed by atoms with Gasteiger partial charge in [-0.05, 0) is 30.2 Å². The molecule has 0 saturated carbocycles. The third-order valence-corrected chi connectivity index (χ3v) is 5.24. The molecule has 0 bridgehead atoms. The molecule has 116 valence electrons. The number of thiophene rings is 1. The fraction of sp³-hybridized carbons (Fsp3) is 0.625. The van der Waals surface area contributed by atoms with E-state index in [-0.39, 0.29) is 29.8 Å². The minimum Gasteiger partial charge on any atom is -0.342 e. The molecule has 1 aliphatic heterocycles. The first-order valence-corrected chi connectivity index (χ1v) is 8.59. The van der Waals surface area contributed by atoms with Crippen LogP contribution in [-0.2, 0) is 16.0 Å². The van der Waals surface area contributed by atoms with Crippen LogP contribution in [0.15, 0.2) is 17.5 Å². The van der Waals surface area contributed by atoms with E-state index in [0.717, 1.165) is 12.8 Å². The number of rotatable bonds is 6. The van der Waals surface area contributed by atoms with Crippen molar-refractivity contribution in [2.75, 3.05) is 6.54 Å². The molecule has 5 heteroatoms. The third kappa shape index (κ3) is 3.46. The Morgan fingerprint density at radius 3 is 2.71 bits per heavy atom. The third-order valence-electron chi connectivity index (χ3n) is 4.30. The summed E-state index contributed by atoms with van der Waals surface area (Å²) in [4.78, 5) is 28.0. The van der Waals surface area contributed by atoms with Crippen LogP contribution in [0.3, 0.4) is 0 Å². The van der Waals surface area contributed by atoms with Crippen LogP contribution in [0.25, 0.3) is 0 Å². The Kier molecular flexibility index (Phi) is 5.39.